The molecule has 1 N–H and O–H groups in total. The maximum atomic E-state index is 10.7. The second-order valence-electron chi connectivity index (χ2n) is 2.99. The number of hydrogen-bond donors (Lipinski definition) is 1. The number of carbonyl (C=O) groups excluding carboxylic acids is 1. The molecule has 0 bridgehead atoms. The molecule has 70 valence electrons. The summed E-state index contributed by atoms with van der Waals surface area (Å²) in [5.41, 5.74) is 0. The molecular formula is C8H15NO3. The van der Waals surface area contributed by atoms with Gasteiger partial charge in [0.05, 0.1) is 6.10 Å². The Bertz CT molecular complexity index is 154. The summed E-state index contributed by atoms with van der Waals surface area (Å²) in [6, 6.07) is 0. The first-order valence-corrected chi connectivity index (χ1v) is 4.22. The molecule has 1 aliphatic rings. The average molecular weight is 173 g/mol. The molecule has 1 amide bonds. The number of amides is 1. The molecule has 1 heterocycles. The van der Waals surface area contributed by atoms with Gasteiger partial charge >= 0.3 is 0 Å². The predicted octanol–water partition coefficient (Wildman–Crippen LogP) is -0.384. The van der Waals surface area contributed by atoms with E-state index in [0.717, 1.165) is 0 Å². The van der Waals surface area contributed by atoms with E-state index in [9.17, 15) is 4.79 Å². The molecule has 0 spiro atoms. The third kappa shape index (κ3) is 2.46. The minimum absolute atomic E-state index is 0.108. The molecule has 0 aromatic carbocycles. The maximum absolute atomic E-state index is 10.7. The van der Waals surface area contributed by atoms with Gasteiger partial charge in [-0.3, -0.25) is 4.79 Å². The van der Waals surface area contributed by atoms with Crippen LogP contribution in [0.4, 0.5) is 0 Å². The summed E-state index contributed by atoms with van der Waals surface area (Å²) in [4.78, 5) is 12.5. The van der Waals surface area contributed by atoms with Gasteiger partial charge in [0.2, 0.25) is 5.91 Å². The molecule has 0 aromatic heterocycles. The fourth-order valence-corrected chi connectivity index (χ4v) is 1.12. The highest BCUT2D eigenvalue weighted by Gasteiger charge is 2.28. The minimum Gasteiger partial charge on any atom is -0.396 e. The number of likely N-dealkylation sites (tertiary alicyclic amines) is 1. The molecule has 0 unspecified atom stereocenters. The monoisotopic (exact) mass is 173 g/mol. The maximum Gasteiger partial charge on any atom is 0.219 e. The zero-order valence-corrected chi connectivity index (χ0v) is 7.32. The lowest BCUT2D eigenvalue weighted by Gasteiger charge is -2.38. The largest absolute Gasteiger partial charge is 0.396 e. The van der Waals surface area contributed by atoms with Gasteiger partial charge in [-0.2, -0.15) is 0 Å². The number of aliphatic hydroxyl groups is 1. The van der Waals surface area contributed by atoms with E-state index >= 15 is 0 Å². The zero-order valence-electron chi connectivity index (χ0n) is 7.32. The Kier molecular flexibility index (Phi) is 3.49. The van der Waals surface area contributed by atoms with Crippen LogP contribution in [-0.4, -0.2) is 48.3 Å². The lowest BCUT2D eigenvalue weighted by atomic mass is 10.2. The predicted molar refractivity (Wildman–Crippen MR) is 43.7 cm³/mol. The van der Waals surface area contributed by atoms with E-state index < -0.39 is 0 Å². The summed E-state index contributed by atoms with van der Waals surface area (Å²) < 4.78 is 5.34. The van der Waals surface area contributed by atoms with Crippen LogP contribution < -0.4 is 0 Å². The van der Waals surface area contributed by atoms with Gasteiger partial charge in [0, 0.05) is 33.2 Å². The van der Waals surface area contributed by atoms with Gasteiger partial charge in [0.15, 0.2) is 0 Å². The van der Waals surface area contributed by atoms with Gasteiger partial charge in [-0.25, -0.2) is 0 Å². The average Bonchev–Trinajstić information content (AvgIpc) is 1.93. The van der Waals surface area contributed by atoms with E-state index in [0.29, 0.717) is 26.1 Å². The van der Waals surface area contributed by atoms with E-state index in [2.05, 4.69) is 0 Å². The molecule has 1 saturated heterocycles. The molecular weight excluding hydrogens is 158 g/mol. The summed E-state index contributed by atoms with van der Waals surface area (Å²) in [5.74, 6) is 0.108. The molecule has 1 rings (SSSR count). The molecule has 0 saturated carbocycles. The molecule has 12 heavy (non-hydrogen) atoms. The lowest BCUT2D eigenvalue weighted by Crippen LogP contribution is -2.54. The van der Waals surface area contributed by atoms with Crippen molar-refractivity contribution in [2.75, 3.05) is 26.3 Å². The fourth-order valence-electron chi connectivity index (χ4n) is 1.12. The highest BCUT2D eigenvalue weighted by Crippen LogP contribution is 2.11. The number of hydrogen-bond acceptors (Lipinski definition) is 3. The molecule has 1 aliphatic heterocycles. The van der Waals surface area contributed by atoms with Gasteiger partial charge in [0.1, 0.15) is 0 Å². The van der Waals surface area contributed by atoms with Crippen molar-refractivity contribution in [3.05, 3.63) is 0 Å². The van der Waals surface area contributed by atoms with Crippen LogP contribution in [0.3, 0.4) is 0 Å². The topological polar surface area (TPSA) is 49.8 Å². The number of rotatable bonds is 4. The minimum atomic E-state index is 0.108. The SMILES string of the molecule is CC(=O)N1CC(OCCCO)C1. The van der Waals surface area contributed by atoms with Crippen molar-refractivity contribution < 1.29 is 14.6 Å². The van der Waals surface area contributed by atoms with Gasteiger partial charge in [-0.05, 0) is 6.42 Å². The van der Waals surface area contributed by atoms with Crippen LogP contribution in [0.25, 0.3) is 0 Å². The van der Waals surface area contributed by atoms with Crippen LogP contribution in [0, 0.1) is 0 Å². The number of nitrogens with zero attached hydrogens (tertiary/aromatic N) is 1. The van der Waals surface area contributed by atoms with E-state index in [1.54, 1.807) is 11.8 Å². The molecule has 4 heteroatoms. The lowest BCUT2D eigenvalue weighted by molar-refractivity contribution is -0.142. The van der Waals surface area contributed by atoms with Crippen molar-refractivity contribution in [1.29, 1.82) is 0 Å². The number of carbonyl (C=O) groups is 1. The zero-order chi connectivity index (χ0) is 8.97. The van der Waals surface area contributed by atoms with Gasteiger partial charge < -0.3 is 14.7 Å². The van der Waals surface area contributed by atoms with Crippen molar-refractivity contribution in [3.8, 4) is 0 Å². The molecule has 0 atom stereocenters. The highest BCUT2D eigenvalue weighted by atomic mass is 16.5. The van der Waals surface area contributed by atoms with Crippen LogP contribution in [0.1, 0.15) is 13.3 Å². The quantitative estimate of drug-likeness (QED) is 0.589. The van der Waals surface area contributed by atoms with Gasteiger partial charge in [-0.1, -0.05) is 0 Å². The first kappa shape index (κ1) is 9.48. The Labute approximate surface area is 72.1 Å². The van der Waals surface area contributed by atoms with Crippen molar-refractivity contribution >= 4 is 5.91 Å². The second kappa shape index (κ2) is 4.42. The van der Waals surface area contributed by atoms with Crippen molar-refractivity contribution in [2.45, 2.75) is 19.4 Å². The molecule has 0 aromatic rings. The highest BCUT2D eigenvalue weighted by molar-refractivity contribution is 5.74. The van der Waals surface area contributed by atoms with Gasteiger partial charge in [-0.15, -0.1) is 0 Å². The third-order valence-electron chi connectivity index (χ3n) is 1.95. The van der Waals surface area contributed by atoms with Crippen LogP contribution in [0.15, 0.2) is 0 Å². The first-order valence-electron chi connectivity index (χ1n) is 4.22. The molecule has 0 aliphatic carbocycles. The number of ether oxygens (including phenoxy) is 1. The Morgan fingerprint density at radius 3 is 2.83 bits per heavy atom. The summed E-state index contributed by atoms with van der Waals surface area (Å²) in [6.45, 7) is 3.74. The van der Waals surface area contributed by atoms with Crippen molar-refractivity contribution in [1.82, 2.24) is 4.90 Å². The smallest absolute Gasteiger partial charge is 0.219 e. The number of aliphatic hydroxyl groups excluding tert-OH is 1. The summed E-state index contributed by atoms with van der Waals surface area (Å²) in [7, 11) is 0. The second-order valence-corrected chi connectivity index (χ2v) is 2.99. The van der Waals surface area contributed by atoms with Crippen molar-refractivity contribution in [2.24, 2.45) is 0 Å². The Morgan fingerprint density at radius 2 is 2.33 bits per heavy atom. The normalized spacial score (nSPS) is 17.7. The molecule has 0 radical (unpaired) electrons. The van der Waals surface area contributed by atoms with Crippen LogP contribution in [0.2, 0.25) is 0 Å². The van der Waals surface area contributed by atoms with E-state index in [4.69, 9.17) is 9.84 Å². The van der Waals surface area contributed by atoms with E-state index in [1.165, 1.54) is 0 Å². The molecule has 4 nitrogen and oxygen atoms in total. The summed E-state index contributed by atoms with van der Waals surface area (Å²) >= 11 is 0. The van der Waals surface area contributed by atoms with E-state index in [-0.39, 0.29) is 18.6 Å². The van der Waals surface area contributed by atoms with Crippen molar-refractivity contribution in [3.63, 3.8) is 0 Å². The molecule has 1 fully saturated rings. The van der Waals surface area contributed by atoms with Crippen LogP contribution >= 0.6 is 0 Å². The van der Waals surface area contributed by atoms with E-state index in [1.807, 2.05) is 0 Å². The van der Waals surface area contributed by atoms with Gasteiger partial charge in [0.25, 0.3) is 0 Å². The Morgan fingerprint density at radius 1 is 1.67 bits per heavy atom. The van der Waals surface area contributed by atoms with Crippen LogP contribution in [-0.2, 0) is 9.53 Å². The first-order chi connectivity index (χ1) is 5.74. The Balaban J connectivity index is 1.98. The third-order valence-corrected chi connectivity index (χ3v) is 1.95. The standard InChI is InChI=1S/C8H15NO3/c1-7(11)9-5-8(6-9)12-4-2-3-10/h8,10H,2-6H2,1H3. The van der Waals surface area contributed by atoms with Crippen LogP contribution in [0.5, 0.6) is 0 Å². The summed E-state index contributed by atoms with van der Waals surface area (Å²) in [6.07, 6.45) is 0.872. The fraction of sp³-hybridized carbons (Fsp3) is 0.875. The summed E-state index contributed by atoms with van der Waals surface area (Å²) in [5, 5.41) is 8.47. The Hall–Kier alpha value is -0.610.